The minimum atomic E-state index is -0.365. The second-order valence-electron chi connectivity index (χ2n) is 7.43. The number of likely N-dealkylation sites (tertiary alicyclic amines) is 1. The lowest BCUT2D eigenvalue weighted by Gasteiger charge is -2.24. The molecule has 0 radical (unpaired) electrons. The number of thioether (sulfide) groups is 1. The second kappa shape index (κ2) is 12.1. The normalized spacial score (nSPS) is 16.0. The molecular weight excluding hydrogens is 432 g/mol. The van der Waals surface area contributed by atoms with Crippen LogP contribution in [-0.2, 0) is 16.0 Å². The number of nitrogens with zero attached hydrogens (tertiary/aromatic N) is 2. The van der Waals surface area contributed by atoms with E-state index in [1.54, 1.807) is 17.1 Å². The average molecular weight is 463 g/mol. The molecule has 31 heavy (non-hydrogen) atoms. The van der Waals surface area contributed by atoms with Crippen molar-refractivity contribution in [1.82, 2.24) is 9.88 Å². The molecule has 1 aliphatic rings. The summed E-state index contributed by atoms with van der Waals surface area (Å²) in [5, 5.41) is 1.73. The summed E-state index contributed by atoms with van der Waals surface area (Å²) >= 11 is 3.00. The number of carbonyl (C=O) groups is 2. The summed E-state index contributed by atoms with van der Waals surface area (Å²) in [5.74, 6) is 1.39. The molecule has 168 valence electrons. The number of aromatic nitrogens is 1. The van der Waals surface area contributed by atoms with Gasteiger partial charge < -0.3 is 14.4 Å². The van der Waals surface area contributed by atoms with Crippen molar-refractivity contribution in [2.45, 2.75) is 56.3 Å². The van der Waals surface area contributed by atoms with Crippen LogP contribution >= 0.6 is 23.1 Å². The van der Waals surface area contributed by atoms with Gasteiger partial charge in [-0.15, -0.1) is 11.3 Å². The minimum absolute atomic E-state index is 0.0961. The highest BCUT2D eigenvalue weighted by molar-refractivity contribution is 8.01. The van der Waals surface area contributed by atoms with Crippen molar-refractivity contribution in [2.24, 2.45) is 0 Å². The Bertz CT molecular complexity index is 871. The summed E-state index contributed by atoms with van der Waals surface area (Å²) in [6, 6.07) is 8.21. The Hall–Kier alpha value is -2.06. The van der Waals surface area contributed by atoms with Crippen LogP contribution in [0.4, 0.5) is 0 Å². The van der Waals surface area contributed by atoms with Crippen molar-refractivity contribution in [3.63, 3.8) is 0 Å². The van der Waals surface area contributed by atoms with Gasteiger partial charge in [0.25, 0.3) is 0 Å². The standard InChI is InChI=1S/C23H30N2O4S2/c1-3-5-12-28-22(27)20-16-31-23(24-20)30-13-11-25-18(9-10-21(25)26)15-29-19-8-6-7-17(4-2)14-19/h6-8,14,16,18H,3-5,9-13,15H2,1-2H3/t18-/m1/s1. The number of amides is 1. The molecule has 2 heterocycles. The zero-order valence-electron chi connectivity index (χ0n) is 18.2. The first-order chi connectivity index (χ1) is 15.1. The fourth-order valence-corrected chi connectivity index (χ4v) is 5.16. The van der Waals surface area contributed by atoms with Crippen LogP contribution in [0.1, 0.15) is 55.6 Å². The van der Waals surface area contributed by atoms with Crippen LogP contribution in [0.2, 0.25) is 0 Å². The number of carbonyl (C=O) groups excluding carboxylic acids is 2. The van der Waals surface area contributed by atoms with E-state index in [0.29, 0.717) is 31.9 Å². The number of esters is 1. The maximum atomic E-state index is 12.3. The lowest BCUT2D eigenvalue weighted by atomic mass is 10.2. The highest BCUT2D eigenvalue weighted by Crippen LogP contribution is 2.26. The SMILES string of the molecule is CCCCOC(=O)c1csc(SCCN2C(=O)CC[C@@H]2COc2cccc(CC)c2)n1. The molecule has 8 heteroatoms. The molecule has 0 spiro atoms. The predicted octanol–water partition coefficient (Wildman–Crippen LogP) is 4.82. The first kappa shape index (κ1) is 23.6. The molecule has 1 fully saturated rings. The number of rotatable bonds is 12. The summed E-state index contributed by atoms with van der Waals surface area (Å²) in [6.45, 7) is 5.75. The third-order valence-corrected chi connectivity index (χ3v) is 7.18. The van der Waals surface area contributed by atoms with E-state index in [4.69, 9.17) is 9.47 Å². The minimum Gasteiger partial charge on any atom is -0.491 e. The van der Waals surface area contributed by atoms with Crippen LogP contribution in [0.3, 0.4) is 0 Å². The molecule has 1 aromatic carbocycles. The Morgan fingerprint density at radius 2 is 2.23 bits per heavy atom. The molecule has 1 aliphatic heterocycles. The molecule has 6 nitrogen and oxygen atoms in total. The molecule has 0 aliphatic carbocycles. The first-order valence-electron chi connectivity index (χ1n) is 10.9. The highest BCUT2D eigenvalue weighted by atomic mass is 32.2. The second-order valence-corrected chi connectivity index (χ2v) is 9.63. The van der Waals surface area contributed by atoms with Crippen molar-refractivity contribution in [2.75, 3.05) is 25.5 Å². The molecule has 1 aromatic heterocycles. The molecule has 3 rings (SSSR count). The number of thiazole rings is 1. The molecule has 2 aromatic rings. The van der Waals surface area contributed by atoms with Gasteiger partial charge in [0.1, 0.15) is 12.4 Å². The summed E-state index contributed by atoms with van der Waals surface area (Å²) in [6.07, 6.45) is 4.20. The van der Waals surface area contributed by atoms with Crippen LogP contribution < -0.4 is 4.74 Å². The quantitative estimate of drug-likeness (QED) is 0.256. The molecule has 0 bridgehead atoms. The third-order valence-electron chi connectivity index (χ3n) is 5.18. The lowest BCUT2D eigenvalue weighted by molar-refractivity contribution is -0.129. The molecular formula is C23H30N2O4S2. The fourth-order valence-electron chi connectivity index (χ4n) is 3.35. The fraction of sp³-hybridized carbons (Fsp3) is 0.522. The van der Waals surface area contributed by atoms with Crippen molar-refractivity contribution < 1.29 is 19.1 Å². The molecule has 1 amide bonds. The smallest absolute Gasteiger partial charge is 0.357 e. The van der Waals surface area contributed by atoms with Gasteiger partial charge in [0.2, 0.25) is 5.91 Å². The van der Waals surface area contributed by atoms with Crippen molar-refractivity contribution in [1.29, 1.82) is 0 Å². The van der Waals surface area contributed by atoms with Gasteiger partial charge in [-0.05, 0) is 37.0 Å². The first-order valence-corrected chi connectivity index (χ1v) is 12.7. The number of benzene rings is 1. The van der Waals surface area contributed by atoms with Gasteiger partial charge >= 0.3 is 5.97 Å². The van der Waals surface area contributed by atoms with E-state index >= 15 is 0 Å². The van der Waals surface area contributed by atoms with Gasteiger partial charge in [-0.25, -0.2) is 9.78 Å². The van der Waals surface area contributed by atoms with Gasteiger partial charge in [0.05, 0.1) is 12.6 Å². The monoisotopic (exact) mass is 462 g/mol. The Balaban J connectivity index is 1.45. The molecule has 1 atom stereocenters. The molecule has 0 N–H and O–H groups in total. The number of ether oxygens (including phenoxy) is 2. The van der Waals surface area contributed by atoms with E-state index in [1.165, 1.54) is 16.9 Å². The number of aryl methyl sites for hydroxylation is 1. The molecule has 0 unspecified atom stereocenters. The van der Waals surface area contributed by atoms with E-state index < -0.39 is 0 Å². The average Bonchev–Trinajstić information content (AvgIpc) is 3.40. The zero-order chi connectivity index (χ0) is 22.1. The Morgan fingerprint density at radius 3 is 3.03 bits per heavy atom. The van der Waals surface area contributed by atoms with Crippen LogP contribution in [0.25, 0.3) is 0 Å². The zero-order valence-corrected chi connectivity index (χ0v) is 19.8. The Kier molecular flexibility index (Phi) is 9.21. The van der Waals surface area contributed by atoms with Gasteiger partial charge in [-0.3, -0.25) is 4.79 Å². The maximum absolute atomic E-state index is 12.3. The third kappa shape index (κ3) is 6.97. The van der Waals surface area contributed by atoms with E-state index in [2.05, 4.69) is 31.0 Å². The number of hydrogen-bond donors (Lipinski definition) is 0. The maximum Gasteiger partial charge on any atom is 0.357 e. The summed E-state index contributed by atoms with van der Waals surface area (Å²) in [4.78, 5) is 30.6. The van der Waals surface area contributed by atoms with Crippen LogP contribution in [0, 0.1) is 0 Å². The van der Waals surface area contributed by atoms with Gasteiger partial charge in [0.15, 0.2) is 10.0 Å². The topological polar surface area (TPSA) is 68.7 Å². The number of unbranched alkanes of at least 4 members (excludes halogenated alkanes) is 1. The lowest BCUT2D eigenvalue weighted by Crippen LogP contribution is -2.38. The summed E-state index contributed by atoms with van der Waals surface area (Å²) in [5.41, 5.74) is 1.60. The van der Waals surface area contributed by atoms with Gasteiger partial charge in [-0.1, -0.05) is 44.2 Å². The number of hydrogen-bond acceptors (Lipinski definition) is 7. The van der Waals surface area contributed by atoms with Gasteiger partial charge in [-0.2, -0.15) is 0 Å². The van der Waals surface area contributed by atoms with Crippen molar-refractivity contribution >= 4 is 35.0 Å². The van der Waals surface area contributed by atoms with E-state index in [-0.39, 0.29) is 17.9 Å². The van der Waals surface area contributed by atoms with E-state index in [9.17, 15) is 9.59 Å². The van der Waals surface area contributed by atoms with Crippen LogP contribution in [0.5, 0.6) is 5.75 Å². The van der Waals surface area contributed by atoms with Gasteiger partial charge in [0, 0.05) is 24.1 Å². The largest absolute Gasteiger partial charge is 0.491 e. The Labute approximate surface area is 192 Å². The van der Waals surface area contributed by atoms with Crippen molar-refractivity contribution in [3.05, 3.63) is 40.9 Å². The molecule has 1 saturated heterocycles. The molecule has 0 saturated carbocycles. The van der Waals surface area contributed by atoms with E-state index in [1.807, 2.05) is 17.0 Å². The van der Waals surface area contributed by atoms with Crippen LogP contribution in [-0.4, -0.2) is 53.3 Å². The van der Waals surface area contributed by atoms with Crippen molar-refractivity contribution in [3.8, 4) is 5.75 Å². The predicted molar refractivity (Wildman–Crippen MR) is 124 cm³/mol. The highest BCUT2D eigenvalue weighted by Gasteiger charge is 2.31. The van der Waals surface area contributed by atoms with Crippen LogP contribution in [0.15, 0.2) is 34.0 Å². The summed E-state index contributed by atoms with van der Waals surface area (Å²) in [7, 11) is 0. The Morgan fingerprint density at radius 1 is 1.35 bits per heavy atom. The van der Waals surface area contributed by atoms with E-state index in [0.717, 1.165) is 41.5 Å². The summed E-state index contributed by atoms with van der Waals surface area (Å²) < 4.78 is 12.0.